The van der Waals surface area contributed by atoms with Crippen molar-refractivity contribution in [1.29, 1.82) is 0 Å². The second-order valence-corrected chi connectivity index (χ2v) is 7.23. The highest BCUT2D eigenvalue weighted by Crippen LogP contribution is 2.33. The van der Waals surface area contributed by atoms with E-state index in [1.165, 1.54) is 17.0 Å². The number of carboxylic acids is 1. The second-order valence-electron chi connectivity index (χ2n) is 5.32. The van der Waals surface area contributed by atoms with Gasteiger partial charge in [-0.05, 0) is 53.2 Å². The summed E-state index contributed by atoms with van der Waals surface area (Å²) < 4.78 is 0.926. The molecule has 2 aromatic rings. The first-order chi connectivity index (χ1) is 11.9. The number of imide groups is 1. The fourth-order valence-corrected chi connectivity index (χ4v) is 3.38. The first-order valence-electron chi connectivity index (χ1n) is 7.27. The lowest BCUT2D eigenvalue weighted by Crippen LogP contribution is -2.27. The zero-order valence-electron chi connectivity index (χ0n) is 12.8. The molecule has 25 heavy (non-hydrogen) atoms. The van der Waals surface area contributed by atoms with Gasteiger partial charge >= 0.3 is 5.97 Å². The molecule has 0 aliphatic carbocycles. The van der Waals surface area contributed by atoms with E-state index in [4.69, 9.17) is 5.11 Å². The number of thioether (sulfide) groups is 1. The van der Waals surface area contributed by atoms with E-state index in [1.807, 2.05) is 24.3 Å². The molecule has 0 spiro atoms. The molecule has 1 heterocycles. The molecule has 1 aliphatic heterocycles. The van der Waals surface area contributed by atoms with Gasteiger partial charge in [-0.1, -0.05) is 40.2 Å². The Morgan fingerprint density at radius 1 is 1.08 bits per heavy atom. The summed E-state index contributed by atoms with van der Waals surface area (Å²) in [5.41, 5.74) is 1.69. The molecule has 0 unspecified atom stereocenters. The highest BCUT2D eigenvalue weighted by molar-refractivity contribution is 9.10. The maximum absolute atomic E-state index is 12.5. The van der Waals surface area contributed by atoms with E-state index in [-0.39, 0.29) is 23.3 Å². The van der Waals surface area contributed by atoms with Gasteiger partial charge in [-0.3, -0.25) is 14.5 Å². The SMILES string of the molecule is O=C(O)c1ccc(C=C2SC(=O)N(Cc3ccc(Br)cc3)C2=O)cc1. The van der Waals surface area contributed by atoms with Crippen LogP contribution >= 0.6 is 27.7 Å². The minimum Gasteiger partial charge on any atom is -0.478 e. The Bertz CT molecular complexity index is 875. The van der Waals surface area contributed by atoms with Gasteiger partial charge in [-0.25, -0.2) is 4.79 Å². The smallest absolute Gasteiger partial charge is 0.335 e. The van der Waals surface area contributed by atoms with Gasteiger partial charge in [-0.15, -0.1) is 0 Å². The van der Waals surface area contributed by atoms with Gasteiger partial charge in [0.25, 0.3) is 11.1 Å². The summed E-state index contributed by atoms with van der Waals surface area (Å²) in [4.78, 5) is 37.0. The molecule has 1 aliphatic rings. The Balaban J connectivity index is 1.78. The van der Waals surface area contributed by atoms with E-state index >= 15 is 0 Å². The van der Waals surface area contributed by atoms with E-state index in [2.05, 4.69) is 15.9 Å². The molecule has 1 fully saturated rings. The standard InChI is InChI=1S/C18H12BrNO4S/c19-14-7-3-12(4-8-14)10-20-16(21)15(25-18(20)24)9-11-1-5-13(6-2-11)17(22)23/h1-9H,10H2,(H,22,23). The topological polar surface area (TPSA) is 74.7 Å². The summed E-state index contributed by atoms with van der Waals surface area (Å²) in [6.07, 6.45) is 1.60. The molecule has 0 aromatic heterocycles. The summed E-state index contributed by atoms with van der Waals surface area (Å²) in [7, 11) is 0. The molecular formula is C18H12BrNO4S. The molecule has 3 rings (SSSR count). The number of hydrogen-bond acceptors (Lipinski definition) is 4. The van der Waals surface area contributed by atoms with Crippen LogP contribution in [0.25, 0.3) is 6.08 Å². The number of aromatic carboxylic acids is 1. The molecule has 5 nitrogen and oxygen atoms in total. The minimum absolute atomic E-state index is 0.167. The van der Waals surface area contributed by atoms with Crippen molar-refractivity contribution in [3.63, 3.8) is 0 Å². The molecule has 2 aromatic carbocycles. The van der Waals surface area contributed by atoms with Crippen molar-refractivity contribution in [2.75, 3.05) is 0 Å². The van der Waals surface area contributed by atoms with Crippen molar-refractivity contribution in [2.24, 2.45) is 0 Å². The van der Waals surface area contributed by atoms with Gasteiger partial charge in [0.1, 0.15) is 0 Å². The normalized spacial score (nSPS) is 15.9. The number of carboxylic acid groups (broad SMARTS) is 1. The van der Waals surface area contributed by atoms with Gasteiger partial charge in [0, 0.05) is 4.47 Å². The zero-order valence-corrected chi connectivity index (χ0v) is 15.2. The third kappa shape index (κ3) is 4.00. The molecule has 0 saturated carbocycles. The number of nitrogens with zero attached hydrogens (tertiary/aromatic N) is 1. The Morgan fingerprint density at radius 2 is 1.72 bits per heavy atom. The fourth-order valence-electron chi connectivity index (χ4n) is 2.28. The zero-order chi connectivity index (χ0) is 18.0. The molecular weight excluding hydrogens is 406 g/mol. The number of carbonyl (C=O) groups excluding carboxylic acids is 2. The maximum Gasteiger partial charge on any atom is 0.335 e. The predicted molar refractivity (Wildman–Crippen MR) is 99.1 cm³/mol. The molecule has 2 amide bonds. The lowest BCUT2D eigenvalue weighted by molar-refractivity contribution is -0.123. The fraction of sp³-hybridized carbons (Fsp3) is 0.0556. The molecule has 7 heteroatoms. The van der Waals surface area contributed by atoms with Gasteiger partial charge in [0.15, 0.2) is 0 Å². The average Bonchev–Trinajstić information content (AvgIpc) is 2.85. The van der Waals surface area contributed by atoms with Crippen molar-refractivity contribution < 1.29 is 19.5 Å². The van der Waals surface area contributed by atoms with Gasteiger partial charge in [-0.2, -0.15) is 0 Å². The quantitative estimate of drug-likeness (QED) is 0.746. The highest BCUT2D eigenvalue weighted by Gasteiger charge is 2.34. The van der Waals surface area contributed by atoms with Crippen LogP contribution in [-0.4, -0.2) is 27.1 Å². The third-order valence-corrected chi connectivity index (χ3v) is 5.02. The first-order valence-corrected chi connectivity index (χ1v) is 8.88. The summed E-state index contributed by atoms with van der Waals surface area (Å²) in [5, 5.41) is 8.58. The van der Waals surface area contributed by atoms with Crippen LogP contribution in [0, 0.1) is 0 Å². The Hall–Kier alpha value is -2.38. The first kappa shape index (κ1) is 17.4. The van der Waals surface area contributed by atoms with Crippen LogP contribution < -0.4 is 0 Å². The van der Waals surface area contributed by atoms with E-state index < -0.39 is 5.97 Å². The Kier molecular flexibility index (Phi) is 5.06. The van der Waals surface area contributed by atoms with Crippen LogP contribution in [0.5, 0.6) is 0 Å². The lowest BCUT2D eigenvalue weighted by atomic mass is 10.1. The Morgan fingerprint density at radius 3 is 2.32 bits per heavy atom. The number of amides is 2. The molecule has 0 bridgehead atoms. The summed E-state index contributed by atoms with van der Waals surface area (Å²) in [6, 6.07) is 13.5. The van der Waals surface area contributed by atoms with Gasteiger partial charge in [0.05, 0.1) is 17.0 Å². The molecule has 0 atom stereocenters. The minimum atomic E-state index is -1.01. The third-order valence-electron chi connectivity index (χ3n) is 3.58. The van der Waals surface area contributed by atoms with Gasteiger partial charge in [0.2, 0.25) is 0 Å². The van der Waals surface area contributed by atoms with Crippen molar-refractivity contribution in [3.8, 4) is 0 Å². The number of carbonyl (C=O) groups is 3. The monoisotopic (exact) mass is 417 g/mol. The summed E-state index contributed by atoms with van der Waals surface area (Å²) in [6.45, 7) is 0.216. The van der Waals surface area contributed by atoms with E-state index in [1.54, 1.807) is 18.2 Å². The predicted octanol–water partition coefficient (Wildman–Crippen LogP) is 4.38. The van der Waals surface area contributed by atoms with Crippen LogP contribution in [0.2, 0.25) is 0 Å². The molecule has 1 saturated heterocycles. The maximum atomic E-state index is 12.5. The van der Waals surface area contributed by atoms with E-state index in [0.717, 1.165) is 21.8 Å². The van der Waals surface area contributed by atoms with Crippen LogP contribution in [0.15, 0.2) is 57.9 Å². The highest BCUT2D eigenvalue weighted by atomic mass is 79.9. The number of hydrogen-bond donors (Lipinski definition) is 1. The number of rotatable bonds is 4. The largest absolute Gasteiger partial charge is 0.478 e. The molecule has 0 radical (unpaired) electrons. The van der Waals surface area contributed by atoms with E-state index in [9.17, 15) is 14.4 Å². The van der Waals surface area contributed by atoms with Crippen molar-refractivity contribution in [3.05, 3.63) is 74.6 Å². The van der Waals surface area contributed by atoms with Crippen LogP contribution in [0.3, 0.4) is 0 Å². The molecule has 1 N–H and O–H groups in total. The van der Waals surface area contributed by atoms with Crippen molar-refractivity contribution >= 4 is 50.9 Å². The Labute approximate surface area is 156 Å². The van der Waals surface area contributed by atoms with Crippen LogP contribution in [0.4, 0.5) is 4.79 Å². The van der Waals surface area contributed by atoms with Crippen molar-refractivity contribution in [1.82, 2.24) is 4.90 Å². The van der Waals surface area contributed by atoms with Crippen LogP contribution in [-0.2, 0) is 11.3 Å². The average molecular weight is 418 g/mol. The van der Waals surface area contributed by atoms with Gasteiger partial charge < -0.3 is 5.11 Å². The summed E-state index contributed by atoms with van der Waals surface area (Å²) in [5.74, 6) is -1.36. The van der Waals surface area contributed by atoms with Crippen LogP contribution in [0.1, 0.15) is 21.5 Å². The molecule has 126 valence electrons. The van der Waals surface area contributed by atoms with Crippen molar-refractivity contribution in [2.45, 2.75) is 6.54 Å². The number of benzene rings is 2. The second kappa shape index (κ2) is 7.25. The summed E-state index contributed by atoms with van der Waals surface area (Å²) >= 11 is 4.23. The lowest BCUT2D eigenvalue weighted by Gasteiger charge is -2.12. The number of halogens is 1. The van der Waals surface area contributed by atoms with E-state index in [0.29, 0.717) is 10.5 Å².